The number of alkyl carbamates (subject to hydrolysis) is 1. The van der Waals surface area contributed by atoms with Crippen molar-refractivity contribution in [3.63, 3.8) is 0 Å². The topological polar surface area (TPSA) is 50.4 Å². The molecule has 4 nitrogen and oxygen atoms in total. The first-order valence-electron chi connectivity index (χ1n) is 7.16. The quantitative estimate of drug-likeness (QED) is 0.756. The number of nitrogens with one attached hydrogen (secondary N) is 2. The van der Waals surface area contributed by atoms with E-state index in [0.717, 1.165) is 13.0 Å². The van der Waals surface area contributed by atoms with Gasteiger partial charge < -0.3 is 15.4 Å². The fourth-order valence-electron chi connectivity index (χ4n) is 3.23. The van der Waals surface area contributed by atoms with Crippen LogP contribution in [0.5, 0.6) is 0 Å². The molecule has 2 aliphatic rings. The first-order chi connectivity index (χ1) is 8.41. The molecule has 1 spiro atoms. The molecule has 0 aromatic rings. The fourth-order valence-corrected chi connectivity index (χ4v) is 3.23. The van der Waals surface area contributed by atoms with Crippen LogP contribution < -0.4 is 10.6 Å². The summed E-state index contributed by atoms with van der Waals surface area (Å²) in [5.41, 5.74) is -0.287. The normalized spacial score (nSPS) is 27.2. The first kappa shape index (κ1) is 13.7. The molecule has 1 aliphatic carbocycles. The van der Waals surface area contributed by atoms with Gasteiger partial charge in [-0.1, -0.05) is 19.3 Å². The number of amides is 1. The summed E-state index contributed by atoms with van der Waals surface area (Å²) in [4.78, 5) is 11.9. The molecule has 2 N–H and O–H groups in total. The molecule has 1 atom stereocenters. The maximum atomic E-state index is 11.9. The van der Waals surface area contributed by atoms with Gasteiger partial charge in [0.2, 0.25) is 0 Å². The molecule has 104 valence electrons. The Kier molecular flexibility index (Phi) is 3.85. The molecule has 4 heteroatoms. The molecule has 2 fully saturated rings. The largest absolute Gasteiger partial charge is 0.444 e. The van der Waals surface area contributed by atoms with E-state index in [-0.39, 0.29) is 17.7 Å². The number of carbonyl (C=O) groups excluding carboxylic acids is 1. The monoisotopic (exact) mass is 254 g/mol. The summed E-state index contributed by atoms with van der Waals surface area (Å²) < 4.78 is 5.36. The summed E-state index contributed by atoms with van der Waals surface area (Å²) in [5, 5.41) is 6.69. The first-order valence-corrected chi connectivity index (χ1v) is 7.16. The van der Waals surface area contributed by atoms with E-state index in [1.165, 1.54) is 32.1 Å². The van der Waals surface area contributed by atoms with E-state index in [0.29, 0.717) is 0 Å². The van der Waals surface area contributed by atoms with E-state index in [4.69, 9.17) is 4.74 Å². The molecular formula is C14H26N2O2. The van der Waals surface area contributed by atoms with E-state index in [1.807, 2.05) is 20.8 Å². The van der Waals surface area contributed by atoms with Gasteiger partial charge in [0.1, 0.15) is 5.60 Å². The van der Waals surface area contributed by atoms with Crippen molar-refractivity contribution in [3.8, 4) is 0 Å². The van der Waals surface area contributed by atoms with Crippen molar-refractivity contribution in [2.24, 2.45) is 0 Å². The third kappa shape index (κ3) is 3.16. The van der Waals surface area contributed by atoms with Crippen LogP contribution in [0.1, 0.15) is 59.3 Å². The van der Waals surface area contributed by atoms with Gasteiger partial charge in [0.05, 0.1) is 6.04 Å². The fraction of sp³-hybridized carbons (Fsp3) is 0.929. The zero-order valence-corrected chi connectivity index (χ0v) is 11.8. The Morgan fingerprint density at radius 1 is 1.28 bits per heavy atom. The van der Waals surface area contributed by atoms with Crippen LogP contribution in [0.4, 0.5) is 4.79 Å². The zero-order chi connectivity index (χ0) is 13.2. The second-order valence-electron chi connectivity index (χ2n) is 6.63. The lowest BCUT2D eigenvalue weighted by molar-refractivity contribution is 0.0470. The summed E-state index contributed by atoms with van der Waals surface area (Å²) in [6, 6.07) is 0.229. The third-order valence-electron chi connectivity index (χ3n) is 4.01. The number of rotatable bonds is 1. The van der Waals surface area contributed by atoms with Crippen LogP contribution in [0.25, 0.3) is 0 Å². The smallest absolute Gasteiger partial charge is 0.407 e. The Morgan fingerprint density at radius 3 is 2.56 bits per heavy atom. The second kappa shape index (κ2) is 5.08. The molecule has 18 heavy (non-hydrogen) atoms. The van der Waals surface area contributed by atoms with E-state index in [9.17, 15) is 4.79 Å². The third-order valence-corrected chi connectivity index (χ3v) is 4.01. The van der Waals surface area contributed by atoms with Crippen LogP contribution >= 0.6 is 0 Å². The Labute approximate surface area is 110 Å². The number of hydrogen-bond donors (Lipinski definition) is 2. The second-order valence-corrected chi connectivity index (χ2v) is 6.63. The van der Waals surface area contributed by atoms with Gasteiger partial charge in [-0.15, -0.1) is 0 Å². The van der Waals surface area contributed by atoms with Gasteiger partial charge in [-0.05, 0) is 46.6 Å². The Bertz CT molecular complexity index is 303. The van der Waals surface area contributed by atoms with Crippen LogP contribution in [0, 0.1) is 0 Å². The van der Waals surface area contributed by atoms with Crippen molar-refractivity contribution >= 4 is 6.09 Å². The van der Waals surface area contributed by atoms with Gasteiger partial charge in [0, 0.05) is 5.54 Å². The van der Waals surface area contributed by atoms with Gasteiger partial charge in [-0.2, -0.15) is 0 Å². The molecule has 0 bridgehead atoms. The van der Waals surface area contributed by atoms with E-state index >= 15 is 0 Å². The molecular weight excluding hydrogens is 228 g/mol. The van der Waals surface area contributed by atoms with Crippen LogP contribution in [-0.2, 0) is 4.74 Å². The predicted molar refractivity (Wildman–Crippen MR) is 71.6 cm³/mol. The Hall–Kier alpha value is -0.770. The highest BCUT2D eigenvalue weighted by Crippen LogP contribution is 2.35. The molecule has 1 heterocycles. The summed E-state index contributed by atoms with van der Waals surface area (Å²) in [6.07, 6.45) is 6.93. The number of hydrogen-bond acceptors (Lipinski definition) is 3. The average molecular weight is 254 g/mol. The molecule has 1 saturated heterocycles. The molecule has 0 aromatic heterocycles. The lowest BCUT2D eigenvalue weighted by Crippen LogP contribution is -2.56. The van der Waals surface area contributed by atoms with E-state index < -0.39 is 5.60 Å². The molecule has 2 rings (SSSR count). The maximum Gasteiger partial charge on any atom is 0.407 e. The van der Waals surface area contributed by atoms with Crippen molar-refractivity contribution in [1.82, 2.24) is 10.6 Å². The minimum atomic E-state index is -0.421. The van der Waals surface area contributed by atoms with Crippen molar-refractivity contribution in [3.05, 3.63) is 0 Å². The van der Waals surface area contributed by atoms with Crippen LogP contribution in [0.15, 0.2) is 0 Å². The molecule has 1 aliphatic heterocycles. The van der Waals surface area contributed by atoms with Crippen molar-refractivity contribution in [2.75, 3.05) is 6.54 Å². The van der Waals surface area contributed by atoms with Gasteiger partial charge in [-0.25, -0.2) is 4.79 Å². The minimum Gasteiger partial charge on any atom is -0.444 e. The summed E-state index contributed by atoms with van der Waals surface area (Å²) >= 11 is 0. The predicted octanol–water partition coefficient (Wildman–Crippen LogP) is 2.58. The van der Waals surface area contributed by atoms with E-state index in [1.54, 1.807) is 0 Å². The van der Waals surface area contributed by atoms with Crippen molar-refractivity contribution < 1.29 is 9.53 Å². The summed E-state index contributed by atoms with van der Waals surface area (Å²) in [5.74, 6) is 0. The molecule has 1 amide bonds. The van der Waals surface area contributed by atoms with Crippen molar-refractivity contribution in [1.29, 1.82) is 0 Å². The Balaban J connectivity index is 1.93. The number of ether oxygens (including phenoxy) is 1. The zero-order valence-electron chi connectivity index (χ0n) is 11.8. The lowest BCUT2D eigenvalue weighted by Gasteiger charge is -2.39. The van der Waals surface area contributed by atoms with Crippen LogP contribution in [-0.4, -0.2) is 29.8 Å². The highest BCUT2D eigenvalue weighted by atomic mass is 16.6. The van der Waals surface area contributed by atoms with Gasteiger partial charge in [-0.3, -0.25) is 0 Å². The van der Waals surface area contributed by atoms with E-state index in [2.05, 4.69) is 10.6 Å². The Morgan fingerprint density at radius 2 is 1.94 bits per heavy atom. The molecule has 0 aromatic carbocycles. The summed E-state index contributed by atoms with van der Waals surface area (Å²) in [6.45, 7) is 6.70. The average Bonchev–Trinajstić information content (AvgIpc) is 2.60. The lowest BCUT2D eigenvalue weighted by atomic mass is 9.78. The highest BCUT2D eigenvalue weighted by molar-refractivity contribution is 5.68. The van der Waals surface area contributed by atoms with Gasteiger partial charge in [0.25, 0.3) is 0 Å². The highest BCUT2D eigenvalue weighted by Gasteiger charge is 2.44. The van der Waals surface area contributed by atoms with Gasteiger partial charge >= 0.3 is 6.09 Å². The van der Waals surface area contributed by atoms with Crippen molar-refractivity contribution in [2.45, 2.75) is 76.5 Å². The molecule has 1 saturated carbocycles. The van der Waals surface area contributed by atoms with Crippen LogP contribution in [0.3, 0.4) is 0 Å². The standard InChI is InChI=1S/C14H26N2O2/c1-13(2,3)18-12(17)16-11-7-10-15-14(11)8-5-4-6-9-14/h11,15H,4-10H2,1-3H3,(H,16,17). The molecule has 1 unspecified atom stereocenters. The molecule has 0 radical (unpaired) electrons. The SMILES string of the molecule is CC(C)(C)OC(=O)NC1CCNC12CCCCC2. The summed E-state index contributed by atoms with van der Waals surface area (Å²) in [7, 11) is 0. The van der Waals surface area contributed by atoms with Crippen LogP contribution in [0.2, 0.25) is 0 Å². The minimum absolute atomic E-state index is 0.134. The maximum absolute atomic E-state index is 11.9. The number of carbonyl (C=O) groups is 1. The van der Waals surface area contributed by atoms with Gasteiger partial charge in [0.15, 0.2) is 0 Å².